The summed E-state index contributed by atoms with van der Waals surface area (Å²) in [7, 11) is -3.28. The van der Waals surface area contributed by atoms with E-state index in [1.165, 1.54) is 30.6 Å². The first kappa shape index (κ1) is 21.8. The Balaban J connectivity index is 2.02. The number of nitrogens with one attached hydrogen (secondary N) is 1. The predicted octanol–water partition coefficient (Wildman–Crippen LogP) is 3.09. The van der Waals surface area contributed by atoms with Crippen molar-refractivity contribution in [2.45, 2.75) is 26.0 Å². The lowest BCUT2D eigenvalue weighted by Gasteiger charge is -2.16. The summed E-state index contributed by atoms with van der Waals surface area (Å²) in [6, 6.07) is 3.89. The third-order valence-corrected chi connectivity index (χ3v) is 4.59. The molecule has 0 bridgehead atoms. The third kappa shape index (κ3) is 6.28. The van der Waals surface area contributed by atoms with Gasteiger partial charge in [0.05, 0.1) is 17.4 Å². The summed E-state index contributed by atoms with van der Waals surface area (Å²) in [5, 5.41) is 3.54. The summed E-state index contributed by atoms with van der Waals surface area (Å²) < 4.78 is 41.4. The molecule has 28 heavy (non-hydrogen) atoms. The highest BCUT2D eigenvalue weighted by Crippen LogP contribution is 2.28. The van der Waals surface area contributed by atoms with Crippen molar-refractivity contribution in [1.29, 1.82) is 0 Å². The molecular formula is C18H19ClFN3O4S. The molecule has 1 amide bonds. The zero-order valence-electron chi connectivity index (χ0n) is 15.4. The minimum atomic E-state index is -3.28. The van der Waals surface area contributed by atoms with Crippen LogP contribution in [0.4, 0.5) is 4.39 Å². The highest BCUT2D eigenvalue weighted by molar-refractivity contribution is 7.93. The number of aromatic nitrogens is 2. The zero-order valence-corrected chi connectivity index (χ0v) is 17.0. The van der Waals surface area contributed by atoms with Crippen molar-refractivity contribution in [1.82, 2.24) is 15.3 Å². The largest absolute Gasteiger partial charge is 0.483 e. The summed E-state index contributed by atoms with van der Waals surface area (Å²) in [5.74, 6) is -0.951. The molecule has 1 aromatic carbocycles. The molecule has 1 aromatic heterocycles. The molecule has 1 unspecified atom stereocenters. The SMILES string of the molecule is CC(Oc1cnc(C(=O)N[C@H](C)/C=C/S(C)(=O)=O)nc1)c1cccc(F)c1Cl. The van der Waals surface area contributed by atoms with Crippen LogP contribution in [0.3, 0.4) is 0 Å². The first-order valence-corrected chi connectivity index (χ1v) is 10.5. The summed E-state index contributed by atoms with van der Waals surface area (Å²) in [4.78, 5) is 20.0. The van der Waals surface area contributed by atoms with Gasteiger partial charge in [0.25, 0.3) is 5.91 Å². The number of halogens is 2. The van der Waals surface area contributed by atoms with Crippen LogP contribution in [-0.4, -0.2) is 36.6 Å². The molecule has 0 saturated heterocycles. The van der Waals surface area contributed by atoms with Crippen LogP contribution in [0, 0.1) is 5.82 Å². The number of hydrogen-bond donors (Lipinski definition) is 1. The average molecular weight is 428 g/mol. The van der Waals surface area contributed by atoms with Gasteiger partial charge >= 0.3 is 0 Å². The van der Waals surface area contributed by atoms with E-state index in [0.29, 0.717) is 5.56 Å². The number of benzene rings is 1. The standard InChI is InChI=1S/C18H19ClFN3O4S/c1-11(7-8-28(3,25)26)23-18(24)17-21-9-13(10-22-17)27-12(2)14-5-4-6-15(20)16(14)19/h4-12H,1-3H3,(H,23,24)/b8-7+/t11-,12?/m1/s1. The molecule has 2 rings (SSSR count). The number of carbonyl (C=O) groups is 1. The fraction of sp³-hybridized carbons (Fsp3) is 0.278. The maximum atomic E-state index is 13.5. The molecule has 0 aliphatic heterocycles. The van der Waals surface area contributed by atoms with Crippen molar-refractivity contribution < 1.29 is 22.3 Å². The number of sulfone groups is 1. The molecule has 7 nitrogen and oxygen atoms in total. The minimum absolute atomic E-state index is 0.0250. The summed E-state index contributed by atoms with van der Waals surface area (Å²) in [6.45, 7) is 3.30. The monoisotopic (exact) mass is 427 g/mol. The van der Waals surface area contributed by atoms with Crippen molar-refractivity contribution in [3.63, 3.8) is 0 Å². The molecule has 0 spiro atoms. The van der Waals surface area contributed by atoms with Crippen LogP contribution in [0.2, 0.25) is 5.02 Å². The number of rotatable bonds is 7. The van der Waals surface area contributed by atoms with Gasteiger partial charge in [-0.2, -0.15) is 0 Å². The molecule has 10 heteroatoms. The fourth-order valence-electron chi connectivity index (χ4n) is 2.18. The Morgan fingerprint density at radius 1 is 1.29 bits per heavy atom. The molecular weight excluding hydrogens is 409 g/mol. The van der Waals surface area contributed by atoms with E-state index in [-0.39, 0.29) is 16.6 Å². The molecule has 150 valence electrons. The second-order valence-electron chi connectivity index (χ2n) is 6.07. The van der Waals surface area contributed by atoms with Gasteiger partial charge in [-0.1, -0.05) is 29.8 Å². The van der Waals surface area contributed by atoms with Crippen molar-refractivity contribution in [2.75, 3.05) is 6.26 Å². The Kier molecular flexibility index (Phi) is 7.09. The van der Waals surface area contributed by atoms with E-state index < -0.39 is 33.7 Å². The zero-order chi connectivity index (χ0) is 20.9. The van der Waals surface area contributed by atoms with Crippen LogP contribution in [0.25, 0.3) is 0 Å². The number of nitrogens with zero attached hydrogens (tertiary/aromatic N) is 2. The first-order valence-electron chi connectivity index (χ1n) is 8.18. The van der Waals surface area contributed by atoms with E-state index in [2.05, 4.69) is 15.3 Å². The van der Waals surface area contributed by atoms with Crippen LogP contribution in [0.15, 0.2) is 42.1 Å². The van der Waals surface area contributed by atoms with E-state index >= 15 is 0 Å². The van der Waals surface area contributed by atoms with Crippen molar-refractivity contribution in [3.05, 3.63) is 64.3 Å². The van der Waals surface area contributed by atoms with E-state index in [1.54, 1.807) is 19.9 Å². The Hall–Kier alpha value is -2.52. The van der Waals surface area contributed by atoms with Crippen LogP contribution in [0.5, 0.6) is 5.75 Å². The minimum Gasteiger partial charge on any atom is -0.483 e. The highest BCUT2D eigenvalue weighted by atomic mass is 35.5. The van der Waals surface area contributed by atoms with E-state index in [0.717, 1.165) is 11.7 Å². The Labute approximate surface area is 167 Å². The lowest BCUT2D eigenvalue weighted by atomic mass is 10.1. The Morgan fingerprint density at radius 2 is 1.93 bits per heavy atom. The molecule has 0 saturated carbocycles. The highest BCUT2D eigenvalue weighted by Gasteiger charge is 2.16. The molecule has 1 heterocycles. The van der Waals surface area contributed by atoms with E-state index in [1.807, 2.05) is 0 Å². The van der Waals surface area contributed by atoms with Crippen molar-refractivity contribution in [3.8, 4) is 5.75 Å². The van der Waals surface area contributed by atoms with E-state index in [9.17, 15) is 17.6 Å². The van der Waals surface area contributed by atoms with Crippen LogP contribution < -0.4 is 10.1 Å². The molecule has 0 aliphatic carbocycles. The molecule has 2 aromatic rings. The molecule has 0 aliphatic rings. The van der Waals surface area contributed by atoms with Gasteiger partial charge < -0.3 is 10.1 Å². The van der Waals surface area contributed by atoms with Gasteiger partial charge in [0.1, 0.15) is 11.9 Å². The summed E-state index contributed by atoms with van der Waals surface area (Å²) in [5.41, 5.74) is 0.468. The third-order valence-electron chi connectivity index (χ3n) is 3.54. The number of ether oxygens (including phenoxy) is 1. The second kappa shape index (κ2) is 9.11. The average Bonchev–Trinajstić information content (AvgIpc) is 2.62. The van der Waals surface area contributed by atoms with Gasteiger partial charge in [0.2, 0.25) is 5.82 Å². The lowest BCUT2D eigenvalue weighted by molar-refractivity contribution is 0.0936. The Morgan fingerprint density at radius 3 is 2.54 bits per heavy atom. The number of carbonyl (C=O) groups excluding carboxylic acids is 1. The number of hydrogen-bond acceptors (Lipinski definition) is 6. The second-order valence-corrected chi connectivity index (χ2v) is 8.37. The van der Waals surface area contributed by atoms with Crippen molar-refractivity contribution >= 4 is 27.3 Å². The lowest BCUT2D eigenvalue weighted by Crippen LogP contribution is -2.32. The smallest absolute Gasteiger partial charge is 0.289 e. The maximum absolute atomic E-state index is 13.5. The summed E-state index contributed by atoms with van der Waals surface area (Å²) in [6.07, 6.45) is 4.45. The summed E-state index contributed by atoms with van der Waals surface area (Å²) >= 11 is 5.94. The Bertz CT molecular complexity index is 981. The van der Waals surface area contributed by atoms with Gasteiger partial charge in [-0.25, -0.2) is 22.8 Å². The van der Waals surface area contributed by atoms with Gasteiger partial charge in [0, 0.05) is 23.3 Å². The molecule has 0 fully saturated rings. The normalized spacial score (nSPS) is 13.9. The molecule has 2 atom stereocenters. The molecule has 1 N–H and O–H groups in total. The maximum Gasteiger partial charge on any atom is 0.289 e. The van der Waals surface area contributed by atoms with Crippen molar-refractivity contribution in [2.24, 2.45) is 0 Å². The van der Waals surface area contributed by atoms with E-state index in [4.69, 9.17) is 16.3 Å². The van der Waals surface area contributed by atoms with Gasteiger partial charge in [-0.3, -0.25) is 4.79 Å². The quantitative estimate of drug-likeness (QED) is 0.729. The fourth-order valence-corrected chi connectivity index (χ4v) is 2.98. The van der Waals surface area contributed by atoms with Gasteiger partial charge in [0.15, 0.2) is 15.6 Å². The van der Waals surface area contributed by atoms with Crippen LogP contribution in [0.1, 0.15) is 36.1 Å². The predicted molar refractivity (Wildman–Crippen MR) is 103 cm³/mol. The van der Waals surface area contributed by atoms with Gasteiger partial charge in [-0.15, -0.1) is 0 Å². The van der Waals surface area contributed by atoms with Crippen LogP contribution >= 0.6 is 11.6 Å². The van der Waals surface area contributed by atoms with Gasteiger partial charge in [-0.05, 0) is 19.9 Å². The number of amides is 1. The first-order chi connectivity index (χ1) is 13.1. The molecule has 0 radical (unpaired) electrons. The van der Waals surface area contributed by atoms with Crippen LogP contribution in [-0.2, 0) is 9.84 Å². The topological polar surface area (TPSA) is 98.2 Å².